The molecule has 2 rings (SSSR count). The number of hydrogen-bond donors (Lipinski definition) is 3. The van der Waals surface area contributed by atoms with Crippen molar-refractivity contribution in [2.45, 2.75) is 25.3 Å². The fraction of sp³-hybridized carbons (Fsp3) is 0.500. The molecule has 5 heteroatoms. The van der Waals surface area contributed by atoms with Gasteiger partial charge in [-0.2, -0.15) is 0 Å². The topological polar surface area (TPSA) is 80.0 Å². The number of pyridine rings is 1. The van der Waals surface area contributed by atoms with Crippen LogP contribution in [-0.4, -0.2) is 30.0 Å². The van der Waals surface area contributed by atoms with Gasteiger partial charge in [-0.15, -0.1) is 0 Å². The lowest BCUT2D eigenvalue weighted by Gasteiger charge is -2.12. The molecule has 1 aliphatic rings. The molecule has 5 nitrogen and oxygen atoms in total. The molecule has 0 aromatic carbocycles. The zero-order valence-electron chi connectivity index (χ0n) is 9.78. The van der Waals surface area contributed by atoms with Crippen molar-refractivity contribution in [3.05, 3.63) is 23.9 Å². The van der Waals surface area contributed by atoms with E-state index in [1.54, 1.807) is 18.3 Å². The van der Waals surface area contributed by atoms with E-state index in [1.165, 1.54) is 12.8 Å². The summed E-state index contributed by atoms with van der Waals surface area (Å²) in [6.07, 6.45) is 5.17. The van der Waals surface area contributed by atoms with Gasteiger partial charge in [0.15, 0.2) is 0 Å². The summed E-state index contributed by atoms with van der Waals surface area (Å²) in [5.41, 5.74) is 5.73. The molecule has 17 heavy (non-hydrogen) atoms. The van der Waals surface area contributed by atoms with Crippen molar-refractivity contribution in [1.29, 1.82) is 0 Å². The fourth-order valence-electron chi connectivity index (χ4n) is 2.11. The smallest absolute Gasteiger partial charge is 0.252 e. The van der Waals surface area contributed by atoms with E-state index in [0.717, 1.165) is 19.5 Å². The number of rotatable bonds is 5. The zero-order chi connectivity index (χ0) is 12.1. The first-order valence-corrected chi connectivity index (χ1v) is 5.99. The van der Waals surface area contributed by atoms with Crippen molar-refractivity contribution < 1.29 is 4.79 Å². The van der Waals surface area contributed by atoms with Gasteiger partial charge < -0.3 is 16.4 Å². The van der Waals surface area contributed by atoms with Crippen molar-refractivity contribution in [3.63, 3.8) is 0 Å². The van der Waals surface area contributed by atoms with Crippen LogP contribution in [0.25, 0.3) is 0 Å². The normalized spacial score (nSPS) is 19.2. The largest absolute Gasteiger partial charge is 0.369 e. The maximum absolute atomic E-state index is 11.2. The first-order chi connectivity index (χ1) is 8.27. The maximum Gasteiger partial charge on any atom is 0.252 e. The number of primary amides is 1. The standard InChI is InChI=1S/C12H18N4O/c13-11(17)10-4-2-7-15-12(10)16-8-5-9-3-1-6-14-9/h2,4,7,9,14H,1,3,5-6,8H2,(H2,13,17)(H,15,16). The minimum Gasteiger partial charge on any atom is -0.369 e. The third-order valence-electron chi connectivity index (χ3n) is 3.02. The quantitative estimate of drug-likeness (QED) is 0.702. The lowest BCUT2D eigenvalue weighted by molar-refractivity contribution is 0.100. The summed E-state index contributed by atoms with van der Waals surface area (Å²) in [7, 11) is 0. The van der Waals surface area contributed by atoms with Gasteiger partial charge in [0.1, 0.15) is 5.82 Å². The van der Waals surface area contributed by atoms with Gasteiger partial charge in [0, 0.05) is 18.8 Å². The van der Waals surface area contributed by atoms with Gasteiger partial charge in [0.2, 0.25) is 0 Å². The van der Waals surface area contributed by atoms with Crippen molar-refractivity contribution in [3.8, 4) is 0 Å². The summed E-state index contributed by atoms with van der Waals surface area (Å²) in [6, 6.07) is 3.98. The van der Waals surface area contributed by atoms with Gasteiger partial charge in [0.25, 0.3) is 5.91 Å². The Kier molecular flexibility index (Phi) is 3.93. The number of anilines is 1. The number of amides is 1. The molecule has 0 aliphatic carbocycles. The van der Waals surface area contributed by atoms with E-state index in [4.69, 9.17) is 5.73 Å². The third-order valence-corrected chi connectivity index (χ3v) is 3.02. The molecule has 0 spiro atoms. The fourth-order valence-corrected chi connectivity index (χ4v) is 2.11. The minimum atomic E-state index is -0.445. The Bertz CT molecular complexity index is 388. The number of carbonyl (C=O) groups is 1. The van der Waals surface area contributed by atoms with E-state index >= 15 is 0 Å². The highest BCUT2D eigenvalue weighted by Crippen LogP contribution is 2.12. The number of carbonyl (C=O) groups excluding carboxylic acids is 1. The van der Waals surface area contributed by atoms with Crippen molar-refractivity contribution in [2.75, 3.05) is 18.4 Å². The molecule has 92 valence electrons. The van der Waals surface area contributed by atoms with E-state index < -0.39 is 5.91 Å². The molecular weight excluding hydrogens is 216 g/mol. The Balaban J connectivity index is 1.87. The monoisotopic (exact) mass is 234 g/mol. The van der Waals surface area contributed by atoms with Crippen LogP contribution in [0.4, 0.5) is 5.82 Å². The number of nitrogens with one attached hydrogen (secondary N) is 2. The van der Waals surface area contributed by atoms with Gasteiger partial charge in [-0.05, 0) is 37.9 Å². The Labute approximate surface area is 101 Å². The van der Waals surface area contributed by atoms with E-state index in [0.29, 0.717) is 17.4 Å². The second-order valence-electron chi connectivity index (χ2n) is 4.27. The summed E-state index contributed by atoms with van der Waals surface area (Å²) >= 11 is 0. The highest BCUT2D eigenvalue weighted by Gasteiger charge is 2.14. The summed E-state index contributed by atoms with van der Waals surface area (Å²) in [5, 5.41) is 6.60. The van der Waals surface area contributed by atoms with Gasteiger partial charge in [-0.25, -0.2) is 4.98 Å². The first kappa shape index (κ1) is 11.9. The highest BCUT2D eigenvalue weighted by molar-refractivity contribution is 5.97. The summed E-state index contributed by atoms with van der Waals surface area (Å²) in [6.45, 7) is 1.91. The van der Waals surface area contributed by atoms with E-state index in [1.807, 2.05) is 0 Å². The van der Waals surface area contributed by atoms with Crippen LogP contribution in [-0.2, 0) is 0 Å². The lowest BCUT2D eigenvalue weighted by Crippen LogP contribution is -2.24. The molecule has 4 N–H and O–H groups in total. The molecule has 2 heterocycles. The van der Waals surface area contributed by atoms with Crippen LogP contribution >= 0.6 is 0 Å². The summed E-state index contributed by atoms with van der Waals surface area (Å²) in [5.74, 6) is 0.137. The van der Waals surface area contributed by atoms with E-state index in [2.05, 4.69) is 15.6 Å². The van der Waals surface area contributed by atoms with Gasteiger partial charge in [-0.3, -0.25) is 4.79 Å². The van der Waals surface area contributed by atoms with Crippen LogP contribution in [0.1, 0.15) is 29.6 Å². The molecule has 1 saturated heterocycles. The van der Waals surface area contributed by atoms with Crippen molar-refractivity contribution >= 4 is 11.7 Å². The second-order valence-corrected chi connectivity index (χ2v) is 4.27. The Morgan fingerprint density at radius 1 is 1.65 bits per heavy atom. The Morgan fingerprint density at radius 2 is 2.53 bits per heavy atom. The van der Waals surface area contributed by atoms with Crippen LogP contribution in [0, 0.1) is 0 Å². The average molecular weight is 234 g/mol. The molecule has 1 aromatic heterocycles. The summed E-state index contributed by atoms with van der Waals surface area (Å²) in [4.78, 5) is 15.3. The van der Waals surface area contributed by atoms with E-state index in [-0.39, 0.29) is 0 Å². The van der Waals surface area contributed by atoms with Crippen LogP contribution in [0.15, 0.2) is 18.3 Å². The van der Waals surface area contributed by atoms with Gasteiger partial charge in [0.05, 0.1) is 5.56 Å². The molecule has 0 bridgehead atoms. The molecule has 1 unspecified atom stereocenters. The van der Waals surface area contributed by atoms with Crippen LogP contribution in [0.2, 0.25) is 0 Å². The number of hydrogen-bond acceptors (Lipinski definition) is 4. The number of aromatic nitrogens is 1. The Morgan fingerprint density at radius 3 is 3.24 bits per heavy atom. The molecule has 0 radical (unpaired) electrons. The molecule has 0 saturated carbocycles. The molecular formula is C12H18N4O. The average Bonchev–Trinajstić information content (AvgIpc) is 2.82. The highest BCUT2D eigenvalue weighted by atomic mass is 16.1. The maximum atomic E-state index is 11.2. The second kappa shape index (κ2) is 5.63. The third kappa shape index (κ3) is 3.17. The lowest BCUT2D eigenvalue weighted by atomic mass is 10.1. The SMILES string of the molecule is NC(=O)c1cccnc1NCCC1CCCN1. The zero-order valence-corrected chi connectivity index (χ0v) is 9.78. The van der Waals surface area contributed by atoms with Crippen LogP contribution < -0.4 is 16.4 Å². The van der Waals surface area contributed by atoms with Crippen LogP contribution in [0.5, 0.6) is 0 Å². The molecule has 1 aromatic rings. The van der Waals surface area contributed by atoms with E-state index in [9.17, 15) is 4.79 Å². The van der Waals surface area contributed by atoms with Crippen molar-refractivity contribution in [1.82, 2.24) is 10.3 Å². The minimum absolute atomic E-state index is 0.445. The van der Waals surface area contributed by atoms with Crippen LogP contribution in [0.3, 0.4) is 0 Å². The molecule has 1 fully saturated rings. The van der Waals surface area contributed by atoms with Gasteiger partial charge in [-0.1, -0.05) is 0 Å². The number of nitrogens with two attached hydrogens (primary N) is 1. The molecule has 1 amide bonds. The van der Waals surface area contributed by atoms with Crippen molar-refractivity contribution in [2.24, 2.45) is 5.73 Å². The molecule has 1 atom stereocenters. The predicted molar refractivity (Wildman–Crippen MR) is 66.9 cm³/mol. The predicted octanol–water partition coefficient (Wildman–Crippen LogP) is 0.734. The van der Waals surface area contributed by atoms with Gasteiger partial charge >= 0.3 is 0 Å². The molecule has 1 aliphatic heterocycles. The number of nitrogens with zero attached hydrogens (tertiary/aromatic N) is 1. The summed E-state index contributed by atoms with van der Waals surface area (Å²) < 4.78 is 0. The first-order valence-electron chi connectivity index (χ1n) is 5.99. The Hall–Kier alpha value is -1.62.